The molecule has 6 nitrogen and oxygen atoms in total. The molecule has 0 spiro atoms. The molecule has 21 heavy (non-hydrogen) atoms. The lowest BCUT2D eigenvalue weighted by Crippen LogP contribution is -2.04. The normalized spacial score (nSPS) is 11.9. The predicted molar refractivity (Wildman–Crippen MR) is 70.1 cm³/mol. The highest BCUT2D eigenvalue weighted by molar-refractivity contribution is 7.91. The van der Waals surface area contributed by atoms with Crippen molar-refractivity contribution in [3.63, 3.8) is 0 Å². The number of rotatable bonds is 2. The second kappa shape index (κ2) is 4.48. The van der Waals surface area contributed by atoms with E-state index in [1.807, 2.05) is 0 Å². The molecule has 0 aliphatic heterocycles. The number of pyridine rings is 1. The van der Waals surface area contributed by atoms with E-state index in [2.05, 4.69) is 15.2 Å². The molecule has 108 valence electrons. The SMILES string of the molecule is Nc1[nH]nc2ncc(S(=O)(=O)c3cc(F)cc(F)c3)cc12. The number of H-pyrrole nitrogens is 1. The van der Waals surface area contributed by atoms with Crippen LogP contribution >= 0.6 is 0 Å². The van der Waals surface area contributed by atoms with Crippen LogP contribution in [-0.4, -0.2) is 23.6 Å². The molecule has 0 saturated heterocycles. The molecular weight excluding hydrogens is 302 g/mol. The number of aromatic nitrogens is 3. The molecule has 1 aromatic carbocycles. The van der Waals surface area contributed by atoms with Gasteiger partial charge in [-0.05, 0) is 18.2 Å². The predicted octanol–water partition coefficient (Wildman–Crippen LogP) is 1.65. The van der Waals surface area contributed by atoms with Gasteiger partial charge in [-0.2, -0.15) is 5.10 Å². The number of hydrogen-bond acceptors (Lipinski definition) is 5. The minimum atomic E-state index is -4.11. The summed E-state index contributed by atoms with van der Waals surface area (Å²) in [5, 5.41) is 6.54. The van der Waals surface area contributed by atoms with Gasteiger partial charge < -0.3 is 5.73 Å². The Bertz CT molecular complexity index is 933. The maximum Gasteiger partial charge on any atom is 0.208 e. The molecule has 0 aliphatic carbocycles. The van der Waals surface area contributed by atoms with Crippen molar-refractivity contribution in [1.82, 2.24) is 15.2 Å². The smallest absolute Gasteiger partial charge is 0.208 e. The van der Waals surface area contributed by atoms with Crippen LogP contribution in [0.4, 0.5) is 14.6 Å². The molecular formula is C12H8F2N4O2S. The highest BCUT2D eigenvalue weighted by Gasteiger charge is 2.21. The molecule has 0 aliphatic rings. The third-order valence-corrected chi connectivity index (χ3v) is 4.57. The molecule has 0 unspecified atom stereocenters. The molecule has 0 fully saturated rings. The number of anilines is 1. The Balaban J connectivity index is 2.21. The largest absolute Gasteiger partial charge is 0.384 e. The number of benzene rings is 1. The second-order valence-corrected chi connectivity index (χ2v) is 6.24. The monoisotopic (exact) mass is 310 g/mol. The van der Waals surface area contributed by atoms with Crippen LogP contribution in [0.15, 0.2) is 40.3 Å². The number of halogens is 2. The van der Waals surface area contributed by atoms with Crippen molar-refractivity contribution in [1.29, 1.82) is 0 Å². The lowest BCUT2D eigenvalue weighted by atomic mass is 10.3. The van der Waals surface area contributed by atoms with Crippen molar-refractivity contribution >= 4 is 26.7 Å². The molecule has 0 radical (unpaired) electrons. The summed E-state index contributed by atoms with van der Waals surface area (Å²) in [6.07, 6.45) is 1.06. The molecule has 0 bridgehead atoms. The number of nitrogen functional groups attached to an aromatic ring is 1. The topological polar surface area (TPSA) is 102 Å². The number of fused-ring (bicyclic) bond motifs is 1. The van der Waals surface area contributed by atoms with E-state index in [0.717, 1.165) is 18.3 Å². The minimum absolute atomic E-state index is 0.153. The summed E-state index contributed by atoms with van der Waals surface area (Å²) in [5.41, 5.74) is 5.85. The summed E-state index contributed by atoms with van der Waals surface area (Å²) in [6, 6.07) is 3.32. The molecule has 3 rings (SSSR count). The standard InChI is InChI=1S/C12H8F2N4O2S/c13-6-1-7(14)3-8(2-6)21(19,20)9-4-10-11(15)17-18-12(10)16-5-9/h1-5H,(H3,15,16,17,18). The Morgan fingerprint density at radius 2 is 1.71 bits per heavy atom. The highest BCUT2D eigenvalue weighted by atomic mass is 32.2. The van der Waals surface area contributed by atoms with Crippen LogP contribution in [-0.2, 0) is 9.84 Å². The number of sulfone groups is 1. The van der Waals surface area contributed by atoms with Crippen LogP contribution in [0.3, 0.4) is 0 Å². The van der Waals surface area contributed by atoms with E-state index in [1.165, 1.54) is 6.07 Å². The third kappa shape index (κ3) is 2.21. The second-order valence-electron chi connectivity index (χ2n) is 4.29. The number of nitrogens with zero attached hydrogens (tertiary/aromatic N) is 2. The zero-order valence-corrected chi connectivity index (χ0v) is 11.2. The van der Waals surface area contributed by atoms with Crippen molar-refractivity contribution in [2.75, 3.05) is 5.73 Å². The summed E-state index contributed by atoms with van der Waals surface area (Å²) in [4.78, 5) is 3.12. The summed E-state index contributed by atoms with van der Waals surface area (Å²) < 4.78 is 51.1. The lowest BCUT2D eigenvalue weighted by molar-refractivity contribution is 0.567. The number of hydrogen-bond donors (Lipinski definition) is 2. The number of aromatic amines is 1. The molecule has 3 aromatic rings. The van der Waals surface area contributed by atoms with Gasteiger partial charge >= 0.3 is 0 Å². The average Bonchev–Trinajstić information content (AvgIpc) is 2.79. The fourth-order valence-electron chi connectivity index (χ4n) is 1.87. The van der Waals surface area contributed by atoms with Gasteiger partial charge in [0.05, 0.1) is 15.2 Å². The molecule has 0 atom stereocenters. The van der Waals surface area contributed by atoms with Gasteiger partial charge in [0.15, 0.2) is 5.65 Å². The van der Waals surface area contributed by atoms with Crippen molar-refractivity contribution in [2.45, 2.75) is 9.79 Å². The van der Waals surface area contributed by atoms with Gasteiger partial charge in [-0.3, -0.25) is 5.10 Å². The van der Waals surface area contributed by atoms with E-state index in [4.69, 9.17) is 5.73 Å². The molecule has 2 aromatic heterocycles. The first-order valence-electron chi connectivity index (χ1n) is 5.69. The fraction of sp³-hybridized carbons (Fsp3) is 0. The first kappa shape index (κ1) is 13.4. The zero-order valence-electron chi connectivity index (χ0n) is 10.3. The Kier molecular flexibility index (Phi) is 2.87. The van der Waals surface area contributed by atoms with Gasteiger partial charge in [0.2, 0.25) is 9.84 Å². The van der Waals surface area contributed by atoms with Crippen molar-refractivity contribution < 1.29 is 17.2 Å². The Morgan fingerprint density at radius 3 is 2.38 bits per heavy atom. The Morgan fingerprint density at radius 1 is 1.05 bits per heavy atom. The van der Waals surface area contributed by atoms with Gasteiger partial charge in [-0.1, -0.05) is 0 Å². The summed E-state index contributed by atoms with van der Waals surface area (Å²) in [5.74, 6) is -1.81. The van der Waals surface area contributed by atoms with Crippen LogP contribution in [0, 0.1) is 11.6 Å². The lowest BCUT2D eigenvalue weighted by Gasteiger charge is -2.05. The summed E-state index contributed by atoms with van der Waals surface area (Å²) in [7, 11) is -4.11. The van der Waals surface area contributed by atoms with Crippen molar-refractivity contribution in [3.05, 3.63) is 42.1 Å². The van der Waals surface area contributed by atoms with Gasteiger partial charge in [0, 0.05) is 12.3 Å². The van der Waals surface area contributed by atoms with Crippen LogP contribution < -0.4 is 5.73 Å². The van der Waals surface area contributed by atoms with E-state index in [0.29, 0.717) is 11.5 Å². The molecule has 3 N–H and O–H groups in total. The van der Waals surface area contributed by atoms with Crippen molar-refractivity contribution in [2.24, 2.45) is 0 Å². The minimum Gasteiger partial charge on any atom is -0.384 e. The van der Waals surface area contributed by atoms with E-state index in [-0.39, 0.29) is 16.4 Å². The average molecular weight is 310 g/mol. The zero-order chi connectivity index (χ0) is 15.2. The van der Waals surface area contributed by atoms with E-state index in [1.54, 1.807) is 0 Å². The summed E-state index contributed by atoms with van der Waals surface area (Å²) >= 11 is 0. The first-order chi connectivity index (χ1) is 9.88. The van der Waals surface area contributed by atoms with E-state index in [9.17, 15) is 17.2 Å². The molecule has 9 heteroatoms. The van der Waals surface area contributed by atoms with Gasteiger partial charge in [0.1, 0.15) is 17.5 Å². The van der Waals surface area contributed by atoms with Crippen LogP contribution in [0.2, 0.25) is 0 Å². The molecule has 2 heterocycles. The maximum absolute atomic E-state index is 13.2. The maximum atomic E-state index is 13.2. The van der Waals surface area contributed by atoms with Gasteiger partial charge in [-0.25, -0.2) is 22.2 Å². The number of nitrogens with one attached hydrogen (secondary N) is 1. The fourth-order valence-corrected chi connectivity index (χ4v) is 3.14. The van der Waals surface area contributed by atoms with Crippen LogP contribution in [0.25, 0.3) is 11.0 Å². The highest BCUT2D eigenvalue weighted by Crippen LogP contribution is 2.25. The quantitative estimate of drug-likeness (QED) is 0.749. The van der Waals surface area contributed by atoms with Crippen molar-refractivity contribution in [3.8, 4) is 0 Å². The van der Waals surface area contributed by atoms with E-state index >= 15 is 0 Å². The first-order valence-corrected chi connectivity index (χ1v) is 7.17. The third-order valence-electron chi connectivity index (χ3n) is 2.87. The molecule has 0 saturated carbocycles. The molecule has 0 amide bonds. The van der Waals surface area contributed by atoms with E-state index < -0.39 is 26.4 Å². The Hall–Kier alpha value is -2.55. The number of nitrogens with two attached hydrogens (primary N) is 1. The van der Waals surface area contributed by atoms with Crippen LogP contribution in [0.5, 0.6) is 0 Å². The van der Waals surface area contributed by atoms with Gasteiger partial charge in [0.25, 0.3) is 0 Å². The van der Waals surface area contributed by atoms with Gasteiger partial charge in [-0.15, -0.1) is 0 Å². The Labute approximate surface area is 117 Å². The summed E-state index contributed by atoms with van der Waals surface area (Å²) in [6.45, 7) is 0. The van der Waals surface area contributed by atoms with Crippen LogP contribution in [0.1, 0.15) is 0 Å².